The van der Waals surface area contributed by atoms with Crippen LogP contribution in [0.4, 0.5) is 16.2 Å². The summed E-state index contributed by atoms with van der Waals surface area (Å²) in [6.45, 7) is 0. The van der Waals surface area contributed by atoms with Crippen LogP contribution in [0.25, 0.3) is 44.6 Å². The van der Waals surface area contributed by atoms with Crippen molar-refractivity contribution < 1.29 is 4.79 Å². The van der Waals surface area contributed by atoms with Gasteiger partial charge in [0.25, 0.3) is 0 Å². The molecule has 7 nitrogen and oxygen atoms in total. The van der Waals surface area contributed by atoms with E-state index in [4.69, 9.17) is 9.97 Å². The Hall–Kier alpha value is -5.17. The lowest BCUT2D eigenvalue weighted by molar-refractivity contribution is 0.262. The van der Waals surface area contributed by atoms with Gasteiger partial charge in [-0.05, 0) is 65.4 Å². The number of nitrogens with zero attached hydrogens (tertiary/aromatic N) is 4. The number of fused-ring (bicyclic) bond motifs is 2. The Morgan fingerprint density at radius 1 is 0.556 bits per heavy atom. The molecule has 0 aliphatic rings. The van der Waals surface area contributed by atoms with Gasteiger partial charge in [0.1, 0.15) is 11.4 Å². The van der Waals surface area contributed by atoms with Crippen LogP contribution in [-0.2, 0) is 0 Å². The fourth-order valence-corrected chi connectivity index (χ4v) is 4.06. The molecule has 0 saturated carbocycles. The molecule has 3 heterocycles. The molecule has 2 amide bonds. The molecule has 6 aromatic rings. The van der Waals surface area contributed by atoms with Crippen LogP contribution < -0.4 is 10.6 Å². The fourth-order valence-electron chi connectivity index (χ4n) is 4.06. The Morgan fingerprint density at radius 2 is 1.14 bits per heavy atom. The number of hydrogen-bond donors (Lipinski definition) is 2. The summed E-state index contributed by atoms with van der Waals surface area (Å²) in [6.07, 6.45) is 3.45. The van der Waals surface area contributed by atoms with Crippen molar-refractivity contribution in [2.45, 2.75) is 0 Å². The van der Waals surface area contributed by atoms with Crippen molar-refractivity contribution in [3.8, 4) is 22.8 Å². The van der Waals surface area contributed by atoms with E-state index in [1.54, 1.807) is 24.5 Å². The van der Waals surface area contributed by atoms with Crippen LogP contribution in [0.15, 0.2) is 109 Å². The first kappa shape index (κ1) is 21.4. The number of aromatic nitrogens is 4. The molecule has 7 heteroatoms. The van der Waals surface area contributed by atoms with Crippen molar-refractivity contribution in [3.63, 3.8) is 0 Å². The molecule has 0 aliphatic heterocycles. The second-order valence-corrected chi connectivity index (χ2v) is 8.20. The van der Waals surface area contributed by atoms with E-state index >= 15 is 0 Å². The van der Waals surface area contributed by atoms with Gasteiger partial charge in [0.05, 0.1) is 22.4 Å². The molecule has 0 radical (unpaired) electrons. The summed E-state index contributed by atoms with van der Waals surface area (Å²) < 4.78 is 0. The summed E-state index contributed by atoms with van der Waals surface area (Å²) in [5, 5.41) is 7.96. The zero-order valence-corrected chi connectivity index (χ0v) is 19.1. The van der Waals surface area contributed by atoms with Crippen molar-refractivity contribution in [2.75, 3.05) is 10.6 Å². The summed E-state index contributed by atoms with van der Waals surface area (Å²) in [6, 6.07) is 30.2. The predicted octanol–water partition coefficient (Wildman–Crippen LogP) is 6.55. The van der Waals surface area contributed by atoms with Crippen LogP contribution in [0.5, 0.6) is 0 Å². The fraction of sp³-hybridized carbons (Fsp3) is 0. The van der Waals surface area contributed by atoms with E-state index in [0.29, 0.717) is 45.2 Å². The molecule has 3 aromatic carbocycles. The van der Waals surface area contributed by atoms with Gasteiger partial charge < -0.3 is 10.6 Å². The average molecular weight is 469 g/mol. The van der Waals surface area contributed by atoms with Crippen LogP contribution in [0.3, 0.4) is 0 Å². The molecule has 0 atom stereocenters. The summed E-state index contributed by atoms with van der Waals surface area (Å²) in [7, 11) is 0. The van der Waals surface area contributed by atoms with E-state index < -0.39 is 0 Å². The highest BCUT2D eigenvalue weighted by atomic mass is 16.2. The van der Waals surface area contributed by atoms with Crippen molar-refractivity contribution in [1.82, 2.24) is 19.9 Å². The number of amides is 2. The highest BCUT2D eigenvalue weighted by molar-refractivity contribution is 6.02. The van der Waals surface area contributed by atoms with Crippen LogP contribution >= 0.6 is 0 Å². The molecule has 0 saturated heterocycles. The summed E-state index contributed by atoms with van der Waals surface area (Å²) in [4.78, 5) is 31.4. The van der Waals surface area contributed by atoms with Gasteiger partial charge in [0.2, 0.25) is 0 Å². The molecule has 3 aromatic heterocycles. The summed E-state index contributed by atoms with van der Waals surface area (Å²) in [5.74, 6) is 0. The lowest BCUT2D eigenvalue weighted by Gasteiger charge is -2.11. The minimum Gasteiger partial charge on any atom is -0.308 e. The highest BCUT2D eigenvalue weighted by Gasteiger charge is 2.15. The zero-order chi connectivity index (χ0) is 24.3. The molecular weight excluding hydrogens is 448 g/mol. The maximum absolute atomic E-state index is 12.7. The molecule has 36 heavy (non-hydrogen) atoms. The third-order valence-electron chi connectivity index (χ3n) is 5.74. The Bertz CT molecular complexity index is 1700. The second-order valence-electron chi connectivity index (χ2n) is 8.20. The molecule has 0 bridgehead atoms. The molecule has 6 rings (SSSR count). The molecule has 172 valence electrons. The van der Waals surface area contributed by atoms with Gasteiger partial charge in [-0.2, -0.15) is 0 Å². The maximum atomic E-state index is 12.7. The van der Waals surface area contributed by atoms with E-state index in [9.17, 15) is 4.79 Å². The molecule has 0 aliphatic carbocycles. The standard InChI is InChI=1S/C29H20N6O/c36-29(32-21-12-11-19-7-1-2-8-20(19)17-21)33-22-13-14-23-26(18-22)35-28(25-10-4-6-16-31-25)27(34-23)24-9-3-5-15-30-24/h1-18H,(H2,32,33,36). The number of nitrogens with one attached hydrogen (secondary N) is 2. The lowest BCUT2D eigenvalue weighted by Crippen LogP contribution is -2.19. The number of pyridine rings is 2. The van der Waals surface area contributed by atoms with E-state index in [2.05, 4.69) is 20.6 Å². The zero-order valence-electron chi connectivity index (χ0n) is 19.1. The number of rotatable bonds is 4. The SMILES string of the molecule is O=C(Nc1ccc2ccccc2c1)Nc1ccc2nc(-c3ccccn3)c(-c3ccccn3)nc2c1. The average Bonchev–Trinajstić information content (AvgIpc) is 2.93. The quantitative estimate of drug-likeness (QED) is 0.306. The van der Waals surface area contributed by atoms with Gasteiger partial charge in [0, 0.05) is 23.8 Å². The smallest absolute Gasteiger partial charge is 0.308 e. The van der Waals surface area contributed by atoms with Gasteiger partial charge in [0.15, 0.2) is 0 Å². The van der Waals surface area contributed by atoms with Crippen molar-refractivity contribution in [3.05, 3.63) is 109 Å². The van der Waals surface area contributed by atoms with Crippen LogP contribution in [0, 0.1) is 0 Å². The third kappa shape index (κ3) is 4.33. The number of hydrogen-bond acceptors (Lipinski definition) is 5. The molecule has 0 unspecified atom stereocenters. The number of urea groups is 1. The van der Waals surface area contributed by atoms with Crippen LogP contribution in [0.1, 0.15) is 0 Å². The van der Waals surface area contributed by atoms with Crippen molar-refractivity contribution in [2.24, 2.45) is 0 Å². The molecule has 0 spiro atoms. The number of benzene rings is 3. The maximum Gasteiger partial charge on any atom is 0.323 e. The number of carbonyl (C=O) groups excluding carboxylic acids is 1. The van der Waals surface area contributed by atoms with Gasteiger partial charge in [-0.25, -0.2) is 14.8 Å². The minimum atomic E-state index is -0.340. The minimum absolute atomic E-state index is 0.340. The first-order chi connectivity index (χ1) is 17.7. The van der Waals surface area contributed by atoms with E-state index in [1.165, 1.54) is 0 Å². The Morgan fingerprint density at radius 3 is 1.81 bits per heavy atom. The van der Waals surface area contributed by atoms with E-state index in [0.717, 1.165) is 10.8 Å². The second kappa shape index (κ2) is 9.23. The first-order valence-corrected chi connectivity index (χ1v) is 11.4. The lowest BCUT2D eigenvalue weighted by atomic mass is 10.1. The molecule has 2 N–H and O–H groups in total. The number of anilines is 2. The van der Waals surface area contributed by atoms with Crippen LogP contribution in [-0.4, -0.2) is 26.0 Å². The van der Waals surface area contributed by atoms with Gasteiger partial charge in [-0.1, -0.05) is 42.5 Å². The normalized spacial score (nSPS) is 10.9. The van der Waals surface area contributed by atoms with E-state index in [1.807, 2.05) is 84.9 Å². The first-order valence-electron chi connectivity index (χ1n) is 11.4. The molecule has 0 fully saturated rings. The Kier molecular flexibility index (Phi) is 5.48. The largest absolute Gasteiger partial charge is 0.323 e. The van der Waals surface area contributed by atoms with Gasteiger partial charge >= 0.3 is 6.03 Å². The monoisotopic (exact) mass is 468 g/mol. The van der Waals surface area contributed by atoms with Gasteiger partial charge in [-0.15, -0.1) is 0 Å². The predicted molar refractivity (Wildman–Crippen MR) is 143 cm³/mol. The van der Waals surface area contributed by atoms with E-state index in [-0.39, 0.29) is 6.03 Å². The number of carbonyl (C=O) groups is 1. The molecular formula is C29H20N6O. The third-order valence-corrected chi connectivity index (χ3v) is 5.74. The summed E-state index contributed by atoms with van der Waals surface area (Å²) in [5.41, 5.74) is 5.33. The summed E-state index contributed by atoms with van der Waals surface area (Å²) >= 11 is 0. The van der Waals surface area contributed by atoms with Crippen molar-refractivity contribution in [1.29, 1.82) is 0 Å². The van der Waals surface area contributed by atoms with Crippen LogP contribution in [0.2, 0.25) is 0 Å². The Balaban J connectivity index is 1.32. The highest BCUT2D eigenvalue weighted by Crippen LogP contribution is 2.29. The topological polar surface area (TPSA) is 92.7 Å². The van der Waals surface area contributed by atoms with Crippen molar-refractivity contribution >= 4 is 39.2 Å². The Labute approximate surface area is 206 Å². The van der Waals surface area contributed by atoms with Gasteiger partial charge in [-0.3, -0.25) is 9.97 Å².